The largest absolute Gasteiger partial charge is 0.207 e. The third kappa shape index (κ3) is 5.35. The summed E-state index contributed by atoms with van der Waals surface area (Å²) in [4.78, 5) is 0. The monoisotopic (exact) mass is 482 g/mol. The predicted molar refractivity (Wildman–Crippen MR) is 124 cm³/mol. The second kappa shape index (κ2) is 10.3. The van der Waals surface area contributed by atoms with E-state index in [2.05, 4.69) is 11.8 Å². The van der Waals surface area contributed by atoms with Gasteiger partial charge in [0.05, 0.1) is 5.56 Å². The molecule has 0 nitrogen and oxygen atoms in total. The zero-order valence-electron chi connectivity index (χ0n) is 18.8. The van der Waals surface area contributed by atoms with Crippen molar-refractivity contribution in [2.24, 2.45) is 0 Å². The summed E-state index contributed by atoms with van der Waals surface area (Å²) >= 11 is 0. The summed E-state index contributed by atoms with van der Waals surface area (Å²) in [7, 11) is 0. The van der Waals surface area contributed by atoms with Crippen molar-refractivity contribution in [3.05, 3.63) is 117 Å². The predicted octanol–water partition coefficient (Wildman–Crippen LogP) is 7.81. The Bertz CT molecular complexity index is 1430. The van der Waals surface area contributed by atoms with E-state index in [0.29, 0.717) is 22.9 Å². The van der Waals surface area contributed by atoms with Crippen LogP contribution in [-0.4, -0.2) is 0 Å². The van der Waals surface area contributed by atoms with Crippen molar-refractivity contribution in [3.63, 3.8) is 0 Å². The number of aryl methyl sites for hydroxylation is 2. The molecule has 35 heavy (non-hydrogen) atoms. The van der Waals surface area contributed by atoms with E-state index in [1.54, 1.807) is 0 Å². The van der Waals surface area contributed by atoms with Crippen LogP contribution in [-0.2, 0) is 19.3 Å². The van der Waals surface area contributed by atoms with Crippen molar-refractivity contribution in [1.29, 1.82) is 0 Å². The third-order valence-corrected chi connectivity index (χ3v) is 5.74. The number of fused-ring (bicyclic) bond motifs is 1. The Morgan fingerprint density at radius 3 is 1.89 bits per heavy atom. The van der Waals surface area contributed by atoms with Crippen LogP contribution in [0.2, 0.25) is 0 Å². The molecule has 0 aromatic heterocycles. The van der Waals surface area contributed by atoms with E-state index in [1.165, 1.54) is 36.4 Å². The van der Waals surface area contributed by atoms with Gasteiger partial charge in [-0.05, 0) is 78.2 Å². The molecule has 0 saturated heterocycles. The van der Waals surface area contributed by atoms with Gasteiger partial charge in [-0.1, -0.05) is 37.3 Å². The molecule has 6 heteroatoms. The van der Waals surface area contributed by atoms with Crippen LogP contribution >= 0.6 is 0 Å². The molecule has 0 bridgehead atoms. The minimum Gasteiger partial charge on any atom is -0.207 e. The van der Waals surface area contributed by atoms with E-state index < -0.39 is 40.5 Å². The molecule has 0 heterocycles. The number of hydrogen-bond acceptors (Lipinski definition) is 0. The molecule has 0 aliphatic rings. The van der Waals surface area contributed by atoms with Crippen LogP contribution in [0.4, 0.5) is 26.3 Å². The minimum absolute atomic E-state index is 0.0370. The zero-order valence-corrected chi connectivity index (χ0v) is 18.8. The Labute approximate surface area is 199 Å². The molecule has 0 fully saturated rings. The summed E-state index contributed by atoms with van der Waals surface area (Å²) in [6.45, 7) is 1.91. The number of hydrogen-bond donors (Lipinski definition) is 0. The van der Waals surface area contributed by atoms with Gasteiger partial charge in [0.1, 0.15) is 23.3 Å². The SMILES string of the molecule is CCCc1cc(F)c(CCc2cc(F)c(C#Cc3ccc4c(F)c(F)ccc4c3)c(F)c2)c(F)c1. The fourth-order valence-electron chi connectivity index (χ4n) is 3.96. The molecule has 0 radical (unpaired) electrons. The number of halogens is 6. The van der Waals surface area contributed by atoms with E-state index in [1.807, 2.05) is 6.92 Å². The molecule has 0 atom stereocenters. The molecule has 0 spiro atoms. The Hall–Kier alpha value is -3.72. The van der Waals surface area contributed by atoms with Gasteiger partial charge in [-0.3, -0.25) is 0 Å². The molecule has 0 aliphatic heterocycles. The van der Waals surface area contributed by atoms with Crippen molar-refractivity contribution in [1.82, 2.24) is 0 Å². The van der Waals surface area contributed by atoms with Crippen LogP contribution in [0.3, 0.4) is 0 Å². The van der Waals surface area contributed by atoms with E-state index in [4.69, 9.17) is 0 Å². The van der Waals surface area contributed by atoms with Crippen LogP contribution in [0.25, 0.3) is 10.8 Å². The lowest BCUT2D eigenvalue weighted by Gasteiger charge is -2.09. The highest BCUT2D eigenvalue weighted by atomic mass is 19.2. The maximum Gasteiger partial charge on any atom is 0.166 e. The van der Waals surface area contributed by atoms with Crippen LogP contribution < -0.4 is 0 Å². The minimum atomic E-state index is -0.980. The van der Waals surface area contributed by atoms with Gasteiger partial charge < -0.3 is 0 Å². The Morgan fingerprint density at radius 1 is 0.600 bits per heavy atom. The summed E-state index contributed by atoms with van der Waals surface area (Å²) in [6, 6.07) is 11.4. The van der Waals surface area contributed by atoms with Gasteiger partial charge in [-0.25, -0.2) is 26.3 Å². The van der Waals surface area contributed by atoms with Crippen molar-refractivity contribution in [3.8, 4) is 11.8 Å². The van der Waals surface area contributed by atoms with E-state index in [-0.39, 0.29) is 29.4 Å². The number of rotatable bonds is 5. The summed E-state index contributed by atoms with van der Waals surface area (Å²) in [6.07, 6.45) is 1.30. The molecule has 4 aromatic rings. The maximum atomic E-state index is 14.6. The first-order valence-electron chi connectivity index (χ1n) is 11.1. The van der Waals surface area contributed by atoms with Gasteiger partial charge >= 0.3 is 0 Å². The van der Waals surface area contributed by atoms with Crippen LogP contribution in [0.1, 0.15) is 41.2 Å². The normalized spacial score (nSPS) is 10.9. The first kappa shape index (κ1) is 24.4. The van der Waals surface area contributed by atoms with Gasteiger partial charge in [-0.2, -0.15) is 0 Å². The van der Waals surface area contributed by atoms with E-state index in [9.17, 15) is 26.3 Å². The average Bonchev–Trinajstić information content (AvgIpc) is 2.80. The van der Waals surface area contributed by atoms with Crippen molar-refractivity contribution in [2.75, 3.05) is 0 Å². The maximum absolute atomic E-state index is 14.6. The summed E-state index contributed by atoms with van der Waals surface area (Å²) < 4.78 is 85.0. The molecule has 0 aliphatic carbocycles. The van der Waals surface area contributed by atoms with Gasteiger partial charge in [0.25, 0.3) is 0 Å². The Morgan fingerprint density at radius 2 is 1.23 bits per heavy atom. The zero-order chi connectivity index (χ0) is 25.1. The molecular weight excluding hydrogens is 462 g/mol. The Kier molecular flexibility index (Phi) is 7.16. The summed E-state index contributed by atoms with van der Waals surface area (Å²) in [5.74, 6) is -0.0310. The smallest absolute Gasteiger partial charge is 0.166 e. The van der Waals surface area contributed by atoms with Gasteiger partial charge in [0.2, 0.25) is 0 Å². The summed E-state index contributed by atoms with van der Waals surface area (Å²) in [5.41, 5.74) is 0.589. The lowest BCUT2D eigenvalue weighted by atomic mass is 9.99. The highest BCUT2D eigenvalue weighted by molar-refractivity contribution is 5.84. The van der Waals surface area contributed by atoms with E-state index >= 15 is 0 Å². The molecule has 0 amide bonds. The Balaban J connectivity index is 1.54. The topological polar surface area (TPSA) is 0 Å². The molecule has 178 valence electrons. The van der Waals surface area contributed by atoms with Crippen molar-refractivity contribution in [2.45, 2.75) is 32.6 Å². The highest BCUT2D eigenvalue weighted by Gasteiger charge is 2.14. The van der Waals surface area contributed by atoms with E-state index in [0.717, 1.165) is 24.6 Å². The number of benzene rings is 4. The molecule has 4 rings (SSSR count). The summed E-state index contributed by atoms with van der Waals surface area (Å²) in [5, 5.41) is 0.472. The molecule has 0 unspecified atom stereocenters. The van der Waals surface area contributed by atoms with Crippen LogP contribution in [0, 0.1) is 46.7 Å². The van der Waals surface area contributed by atoms with Gasteiger partial charge in [0, 0.05) is 16.5 Å². The van der Waals surface area contributed by atoms with Crippen molar-refractivity contribution >= 4 is 10.8 Å². The second-order valence-corrected chi connectivity index (χ2v) is 8.27. The average molecular weight is 482 g/mol. The quantitative estimate of drug-likeness (QED) is 0.201. The molecule has 0 N–H and O–H groups in total. The van der Waals surface area contributed by atoms with Gasteiger partial charge in [0.15, 0.2) is 11.6 Å². The fraction of sp³-hybridized carbons (Fsp3) is 0.172. The molecule has 0 saturated carbocycles. The van der Waals surface area contributed by atoms with Gasteiger partial charge in [-0.15, -0.1) is 0 Å². The fourth-order valence-corrected chi connectivity index (χ4v) is 3.96. The lowest BCUT2D eigenvalue weighted by molar-refractivity contribution is 0.517. The third-order valence-electron chi connectivity index (χ3n) is 5.74. The second-order valence-electron chi connectivity index (χ2n) is 8.27. The highest BCUT2D eigenvalue weighted by Crippen LogP contribution is 2.23. The van der Waals surface area contributed by atoms with Crippen molar-refractivity contribution < 1.29 is 26.3 Å². The first-order valence-corrected chi connectivity index (χ1v) is 11.1. The molecular formula is C29H20F6. The molecule has 4 aromatic carbocycles. The lowest BCUT2D eigenvalue weighted by Crippen LogP contribution is -2.02. The standard InChI is InChI=1S/C29H20F6/c1-2-3-18-13-25(31)23(26(32)14-18)10-6-19-15-27(33)22(28(34)16-19)9-5-17-4-8-21-20(12-17)7-11-24(30)29(21)35/h4,7-8,11-16H,2-3,6,10H2,1H3. The first-order chi connectivity index (χ1) is 16.8. The van der Waals surface area contributed by atoms with Crippen LogP contribution in [0.5, 0.6) is 0 Å². The van der Waals surface area contributed by atoms with Crippen LogP contribution in [0.15, 0.2) is 54.6 Å².